The first kappa shape index (κ1) is 26.9. The molecule has 200 valence electrons. The first-order valence-electron chi connectivity index (χ1n) is 10.4. The molecular weight excluding hydrogens is 545 g/mol. The number of hydrogen-bond donors (Lipinski definition) is 0. The quantitative estimate of drug-likeness (QED) is 0.112. The highest BCUT2D eigenvalue weighted by Crippen LogP contribution is 2.36. The average Bonchev–Trinajstić information content (AvgIpc) is 2.81. The van der Waals surface area contributed by atoms with Gasteiger partial charge in [-0.1, -0.05) is 12.1 Å². The van der Waals surface area contributed by atoms with Crippen molar-refractivity contribution >= 4 is 38.9 Å². The number of carbonyl (C=O) groups excluding carboxylic acids is 3. The molecule has 0 N–H and O–H groups in total. The second-order valence-corrected chi connectivity index (χ2v) is 10.2. The van der Waals surface area contributed by atoms with Gasteiger partial charge >= 0.3 is 16.3 Å². The van der Waals surface area contributed by atoms with Crippen LogP contribution in [0.15, 0.2) is 35.2 Å². The molecule has 0 aliphatic carbocycles. The molecule has 0 fully saturated rings. The summed E-state index contributed by atoms with van der Waals surface area (Å²) in [5.74, 6) is -16.6. The van der Waals surface area contributed by atoms with Crippen molar-refractivity contribution in [1.29, 1.82) is 0 Å². The Morgan fingerprint density at radius 2 is 1.39 bits per heavy atom. The van der Waals surface area contributed by atoms with Gasteiger partial charge in [-0.15, -0.1) is 9.35 Å². The molecule has 0 atom stereocenters. The lowest BCUT2D eigenvalue weighted by Crippen LogP contribution is -2.42. The Balaban J connectivity index is 1.78. The smallest absolute Gasteiger partial charge is 0.428 e. The van der Waals surface area contributed by atoms with Gasteiger partial charge in [0.15, 0.2) is 28.2 Å². The molecule has 0 saturated carbocycles. The van der Waals surface area contributed by atoms with Crippen molar-refractivity contribution in [2.75, 3.05) is 0 Å². The fraction of sp³-hybridized carbons (Fsp3) is 0.174. The Labute approximate surface area is 210 Å². The molecule has 15 heteroatoms. The van der Waals surface area contributed by atoms with E-state index in [0.717, 1.165) is 12.1 Å². The third-order valence-corrected chi connectivity index (χ3v) is 6.17. The molecule has 2 amide bonds. The summed E-state index contributed by atoms with van der Waals surface area (Å²) in [7, 11) is -5.99. The molecule has 4 rings (SSSR count). The number of benzene rings is 3. The molecule has 3 aromatic rings. The Kier molecular flexibility index (Phi) is 6.40. The van der Waals surface area contributed by atoms with Crippen LogP contribution in [0.5, 0.6) is 5.75 Å². The molecule has 0 saturated heterocycles. The van der Waals surface area contributed by atoms with E-state index in [2.05, 4.69) is 4.28 Å². The molecular formula is C23H14F5NO8S. The highest BCUT2D eigenvalue weighted by Gasteiger charge is 2.42. The van der Waals surface area contributed by atoms with Gasteiger partial charge in [-0.3, -0.25) is 9.59 Å². The van der Waals surface area contributed by atoms with Crippen molar-refractivity contribution in [3.8, 4) is 5.75 Å². The maximum atomic E-state index is 14.1. The standard InChI is InChI=1S/C23H14F5NO8S/c1-23(2,3)36-22(32)35-10-7-9-5-4-6-11-13(9)12(8-10)21(31)29(20(11)30)37-38(33,34)19-17(27)15(25)14(24)16(26)18(19)28/h4-8H,1-3H3. The summed E-state index contributed by atoms with van der Waals surface area (Å²) in [6, 6.07) is 6.09. The summed E-state index contributed by atoms with van der Waals surface area (Å²) in [4.78, 5) is 35.7. The van der Waals surface area contributed by atoms with E-state index in [9.17, 15) is 44.8 Å². The Bertz CT molecular complexity index is 1640. The van der Waals surface area contributed by atoms with Crippen molar-refractivity contribution in [3.05, 3.63) is 70.5 Å². The third-order valence-electron chi connectivity index (χ3n) is 4.96. The van der Waals surface area contributed by atoms with E-state index in [-0.39, 0.29) is 22.1 Å². The van der Waals surface area contributed by atoms with Gasteiger partial charge in [-0.25, -0.2) is 26.7 Å². The van der Waals surface area contributed by atoms with Crippen molar-refractivity contribution in [3.63, 3.8) is 0 Å². The maximum absolute atomic E-state index is 14.1. The summed E-state index contributed by atoms with van der Waals surface area (Å²) >= 11 is 0. The maximum Gasteiger partial charge on any atom is 0.514 e. The molecule has 0 bridgehead atoms. The number of rotatable bonds is 4. The van der Waals surface area contributed by atoms with Gasteiger partial charge in [0, 0.05) is 5.39 Å². The summed E-state index contributed by atoms with van der Waals surface area (Å²) in [5.41, 5.74) is -1.72. The van der Waals surface area contributed by atoms with E-state index < -0.39 is 78.3 Å². The molecule has 9 nitrogen and oxygen atoms in total. The first-order chi connectivity index (χ1) is 17.5. The van der Waals surface area contributed by atoms with E-state index in [4.69, 9.17) is 9.47 Å². The van der Waals surface area contributed by atoms with E-state index in [1.807, 2.05) is 0 Å². The Morgan fingerprint density at radius 1 is 0.842 bits per heavy atom. The predicted molar refractivity (Wildman–Crippen MR) is 116 cm³/mol. The summed E-state index contributed by atoms with van der Waals surface area (Å²) in [6.07, 6.45) is -1.17. The lowest BCUT2D eigenvalue weighted by atomic mass is 9.95. The van der Waals surface area contributed by atoms with Gasteiger partial charge in [0.25, 0.3) is 11.8 Å². The van der Waals surface area contributed by atoms with E-state index in [1.54, 1.807) is 20.8 Å². The highest BCUT2D eigenvalue weighted by atomic mass is 32.2. The summed E-state index contributed by atoms with van der Waals surface area (Å²) in [5, 5.41) is -0.267. The first-order valence-corrected chi connectivity index (χ1v) is 11.8. The second-order valence-electron chi connectivity index (χ2n) is 8.77. The minimum absolute atomic E-state index is 0.0208. The van der Waals surface area contributed by atoms with Crippen LogP contribution in [0.4, 0.5) is 26.7 Å². The molecule has 1 aliphatic rings. The number of amides is 2. The van der Waals surface area contributed by atoms with E-state index in [0.29, 0.717) is 0 Å². The summed E-state index contributed by atoms with van der Waals surface area (Å²) in [6.45, 7) is 4.67. The lowest BCUT2D eigenvalue weighted by Gasteiger charge is -2.26. The minimum Gasteiger partial charge on any atom is -0.428 e. The molecule has 0 aromatic heterocycles. The zero-order valence-corrected chi connectivity index (χ0v) is 20.2. The van der Waals surface area contributed by atoms with Crippen LogP contribution >= 0.6 is 0 Å². The topological polar surface area (TPSA) is 116 Å². The second kappa shape index (κ2) is 9.02. The molecule has 0 radical (unpaired) electrons. The van der Waals surface area contributed by atoms with Crippen molar-refractivity contribution in [2.24, 2.45) is 0 Å². The summed E-state index contributed by atoms with van der Waals surface area (Å²) < 4.78 is 108. The lowest BCUT2D eigenvalue weighted by molar-refractivity contribution is -0.0159. The number of carbonyl (C=O) groups is 3. The molecule has 0 spiro atoms. The molecule has 0 unspecified atom stereocenters. The predicted octanol–water partition coefficient (Wildman–Crippen LogP) is 4.77. The zero-order valence-electron chi connectivity index (χ0n) is 19.4. The van der Waals surface area contributed by atoms with E-state index in [1.165, 1.54) is 18.2 Å². The van der Waals surface area contributed by atoms with Gasteiger partial charge in [0.1, 0.15) is 11.4 Å². The SMILES string of the molecule is CC(C)(C)OC(=O)Oc1cc2c3c(cccc3c1)C(=O)N(OS(=O)(=O)c1c(F)c(F)c(F)c(F)c1F)C2=O. The van der Waals surface area contributed by atoms with Crippen LogP contribution in [0.25, 0.3) is 10.8 Å². The zero-order chi connectivity index (χ0) is 28.3. The molecule has 38 heavy (non-hydrogen) atoms. The Morgan fingerprint density at radius 3 is 1.97 bits per heavy atom. The number of hydroxylamine groups is 2. The van der Waals surface area contributed by atoms with Crippen LogP contribution in [0.3, 0.4) is 0 Å². The van der Waals surface area contributed by atoms with Crippen molar-refractivity contribution in [2.45, 2.75) is 31.3 Å². The Hall–Kier alpha value is -4.11. The van der Waals surface area contributed by atoms with Crippen LogP contribution in [0.1, 0.15) is 41.5 Å². The van der Waals surface area contributed by atoms with Gasteiger partial charge in [0.05, 0.1) is 11.1 Å². The van der Waals surface area contributed by atoms with Crippen LogP contribution in [0.2, 0.25) is 0 Å². The third kappa shape index (κ3) is 4.54. The fourth-order valence-corrected chi connectivity index (χ4v) is 4.52. The number of halogens is 5. The molecule has 1 heterocycles. The number of ether oxygens (including phenoxy) is 2. The van der Waals surface area contributed by atoms with Crippen LogP contribution in [-0.4, -0.2) is 37.1 Å². The molecule has 3 aromatic carbocycles. The van der Waals surface area contributed by atoms with Gasteiger partial charge in [-0.2, -0.15) is 8.42 Å². The van der Waals surface area contributed by atoms with Gasteiger partial charge in [-0.05, 0) is 44.4 Å². The van der Waals surface area contributed by atoms with Crippen molar-refractivity contribution < 1.29 is 58.5 Å². The molecule has 1 aliphatic heterocycles. The number of hydrogen-bond acceptors (Lipinski definition) is 8. The number of nitrogens with zero attached hydrogens (tertiary/aromatic N) is 1. The van der Waals surface area contributed by atoms with Gasteiger partial charge < -0.3 is 9.47 Å². The van der Waals surface area contributed by atoms with Crippen LogP contribution in [-0.2, 0) is 19.1 Å². The van der Waals surface area contributed by atoms with Gasteiger partial charge in [0.2, 0.25) is 5.82 Å². The van der Waals surface area contributed by atoms with E-state index >= 15 is 0 Å². The van der Waals surface area contributed by atoms with Crippen molar-refractivity contribution in [1.82, 2.24) is 5.06 Å². The largest absolute Gasteiger partial charge is 0.514 e. The van der Waals surface area contributed by atoms with Crippen LogP contribution < -0.4 is 4.74 Å². The fourth-order valence-electron chi connectivity index (χ4n) is 3.49. The monoisotopic (exact) mass is 559 g/mol. The number of imide groups is 1. The minimum atomic E-state index is -5.99. The average molecular weight is 559 g/mol. The normalized spacial score (nSPS) is 13.7. The van der Waals surface area contributed by atoms with Crippen LogP contribution in [0, 0.1) is 29.1 Å². The highest BCUT2D eigenvalue weighted by molar-refractivity contribution is 7.86.